The molecule has 1 aromatic carbocycles. The molecule has 1 nitrogen and oxygen atoms in total. The number of ether oxygens (including phenoxy) is 1. The van der Waals surface area contributed by atoms with Crippen molar-refractivity contribution in [3.8, 4) is 5.75 Å². The third kappa shape index (κ3) is 3.65. The molecule has 0 aliphatic carbocycles. The van der Waals surface area contributed by atoms with Crippen LogP contribution in [0.15, 0.2) is 12.1 Å². The largest absolute Gasteiger partial charge is 0.573 e. The molecule has 0 saturated heterocycles. The van der Waals surface area contributed by atoms with Crippen LogP contribution in [0.25, 0.3) is 0 Å². The zero-order chi connectivity index (χ0) is 13.4. The van der Waals surface area contributed by atoms with Crippen LogP contribution >= 0.6 is 11.6 Å². The molecule has 0 amide bonds. The van der Waals surface area contributed by atoms with Gasteiger partial charge >= 0.3 is 12.5 Å². The van der Waals surface area contributed by atoms with Crippen LogP contribution in [0.1, 0.15) is 5.56 Å². The normalized spacial score (nSPS) is 12.7. The summed E-state index contributed by atoms with van der Waals surface area (Å²) in [4.78, 5) is 0. The summed E-state index contributed by atoms with van der Waals surface area (Å²) in [5.41, 5.74) is -1.74. The first kappa shape index (κ1) is 13.9. The van der Waals surface area contributed by atoms with Crippen LogP contribution in [-0.4, -0.2) is 6.36 Å². The standard InChI is InChI=1S/C8H2ClF7O/c9-6-4(7(11,12)13)1-3(10)2-5(6)17-8(14,15)16/h1-2H. The van der Waals surface area contributed by atoms with E-state index in [-0.39, 0.29) is 12.1 Å². The number of hydrogen-bond donors (Lipinski definition) is 0. The Morgan fingerprint density at radius 3 is 1.94 bits per heavy atom. The Hall–Kier alpha value is -1.18. The molecule has 0 unspecified atom stereocenters. The quantitative estimate of drug-likeness (QED) is 0.694. The van der Waals surface area contributed by atoms with E-state index in [1.165, 1.54) is 0 Å². The van der Waals surface area contributed by atoms with Gasteiger partial charge in [0.2, 0.25) is 0 Å². The van der Waals surface area contributed by atoms with Crippen molar-refractivity contribution in [3.63, 3.8) is 0 Å². The molecule has 17 heavy (non-hydrogen) atoms. The highest BCUT2D eigenvalue weighted by Crippen LogP contribution is 2.41. The number of halogens is 8. The summed E-state index contributed by atoms with van der Waals surface area (Å²) < 4.78 is 88.0. The molecular formula is C8H2ClF7O. The van der Waals surface area contributed by atoms with Gasteiger partial charge in [-0.05, 0) is 6.07 Å². The summed E-state index contributed by atoms with van der Waals surface area (Å²) in [5, 5.41) is -1.35. The molecule has 0 aromatic heterocycles. The minimum atomic E-state index is -5.26. The SMILES string of the molecule is Fc1cc(OC(F)(F)F)c(Cl)c(C(F)(F)F)c1. The van der Waals surface area contributed by atoms with Gasteiger partial charge in [-0.3, -0.25) is 0 Å². The van der Waals surface area contributed by atoms with Gasteiger partial charge in [0.15, 0.2) is 5.75 Å². The Morgan fingerprint density at radius 2 is 1.53 bits per heavy atom. The number of benzene rings is 1. The van der Waals surface area contributed by atoms with Crippen molar-refractivity contribution in [2.24, 2.45) is 0 Å². The van der Waals surface area contributed by atoms with Gasteiger partial charge in [-0.25, -0.2) is 4.39 Å². The average molecular weight is 283 g/mol. The molecule has 0 radical (unpaired) electrons. The van der Waals surface area contributed by atoms with Gasteiger partial charge in [-0.2, -0.15) is 13.2 Å². The molecular weight excluding hydrogens is 281 g/mol. The van der Waals surface area contributed by atoms with Crippen LogP contribution < -0.4 is 4.74 Å². The van der Waals surface area contributed by atoms with E-state index >= 15 is 0 Å². The van der Waals surface area contributed by atoms with Gasteiger partial charge in [0.25, 0.3) is 0 Å². The topological polar surface area (TPSA) is 9.23 Å². The fourth-order valence-electron chi connectivity index (χ4n) is 0.969. The van der Waals surface area contributed by atoms with E-state index < -0.39 is 34.7 Å². The predicted molar refractivity (Wildman–Crippen MR) is 43.1 cm³/mol. The van der Waals surface area contributed by atoms with Crippen molar-refractivity contribution in [3.05, 3.63) is 28.5 Å². The van der Waals surface area contributed by atoms with Crippen molar-refractivity contribution in [2.45, 2.75) is 12.5 Å². The van der Waals surface area contributed by atoms with Crippen molar-refractivity contribution in [1.82, 2.24) is 0 Å². The molecule has 0 heterocycles. The smallest absolute Gasteiger partial charge is 0.404 e. The summed E-state index contributed by atoms with van der Waals surface area (Å²) in [6.45, 7) is 0. The second-order valence-corrected chi connectivity index (χ2v) is 3.19. The Morgan fingerprint density at radius 1 is 1.00 bits per heavy atom. The molecule has 0 aliphatic rings. The molecule has 0 atom stereocenters. The molecule has 0 bridgehead atoms. The van der Waals surface area contributed by atoms with Crippen LogP contribution in [0, 0.1) is 5.82 Å². The highest BCUT2D eigenvalue weighted by Gasteiger charge is 2.38. The van der Waals surface area contributed by atoms with Gasteiger partial charge < -0.3 is 4.74 Å². The van der Waals surface area contributed by atoms with Crippen molar-refractivity contribution >= 4 is 11.6 Å². The Bertz CT molecular complexity index is 423. The van der Waals surface area contributed by atoms with Gasteiger partial charge in [0.05, 0.1) is 10.6 Å². The van der Waals surface area contributed by atoms with E-state index in [0.717, 1.165) is 0 Å². The van der Waals surface area contributed by atoms with Gasteiger partial charge in [-0.15, -0.1) is 13.2 Å². The lowest BCUT2D eigenvalue weighted by molar-refractivity contribution is -0.274. The molecule has 0 N–H and O–H groups in total. The molecule has 96 valence electrons. The Balaban J connectivity index is 3.29. The number of alkyl halides is 6. The summed E-state index contributed by atoms with van der Waals surface area (Å²) in [6, 6.07) is 0.0939. The molecule has 1 rings (SSSR count). The minimum absolute atomic E-state index is 0.0223. The summed E-state index contributed by atoms with van der Waals surface area (Å²) in [6.07, 6.45) is -10.3. The van der Waals surface area contributed by atoms with E-state index in [9.17, 15) is 30.7 Å². The van der Waals surface area contributed by atoms with Gasteiger partial charge in [-0.1, -0.05) is 11.6 Å². The third-order valence-electron chi connectivity index (χ3n) is 1.54. The van der Waals surface area contributed by atoms with Crippen molar-refractivity contribution in [1.29, 1.82) is 0 Å². The highest BCUT2D eigenvalue weighted by molar-refractivity contribution is 6.32. The number of hydrogen-bond acceptors (Lipinski definition) is 1. The van der Waals surface area contributed by atoms with Crippen LogP contribution in [-0.2, 0) is 6.18 Å². The summed E-state index contributed by atoms with van der Waals surface area (Å²) >= 11 is 5.06. The molecule has 0 aliphatic heterocycles. The second-order valence-electron chi connectivity index (χ2n) is 2.81. The molecule has 0 fully saturated rings. The lowest BCUT2D eigenvalue weighted by Gasteiger charge is -2.14. The van der Waals surface area contributed by atoms with Crippen molar-refractivity contribution < 1.29 is 35.5 Å². The van der Waals surface area contributed by atoms with Crippen LogP contribution in [0.5, 0.6) is 5.75 Å². The first-order chi connectivity index (χ1) is 7.50. The average Bonchev–Trinajstić information content (AvgIpc) is 2.06. The highest BCUT2D eigenvalue weighted by atomic mass is 35.5. The van der Waals surface area contributed by atoms with E-state index in [4.69, 9.17) is 11.6 Å². The predicted octanol–water partition coefficient (Wildman–Crippen LogP) is 4.40. The fraction of sp³-hybridized carbons (Fsp3) is 0.250. The van der Waals surface area contributed by atoms with E-state index in [1.807, 2.05) is 0 Å². The minimum Gasteiger partial charge on any atom is -0.404 e. The van der Waals surface area contributed by atoms with Gasteiger partial charge in [0.1, 0.15) is 5.82 Å². The maximum atomic E-state index is 12.7. The van der Waals surface area contributed by atoms with Crippen molar-refractivity contribution in [2.75, 3.05) is 0 Å². The molecule has 9 heteroatoms. The maximum Gasteiger partial charge on any atom is 0.573 e. The summed E-state index contributed by atoms with van der Waals surface area (Å²) in [7, 11) is 0. The Labute approximate surface area is 94.7 Å². The summed E-state index contributed by atoms with van der Waals surface area (Å²) in [5.74, 6) is -2.98. The lowest BCUT2D eigenvalue weighted by atomic mass is 10.2. The molecule has 0 saturated carbocycles. The molecule has 1 aromatic rings. The van der Waals surface area contributed by atoms with Crippen LogP contribution in [0.2, 0.25) is 5.02 Å². The first-order valence-corrected chi connectivity index (χ1v) is 4.20. The second kappa shape index (κ2) is 4.25. The molecule has 0 spiro atoms. The zero-order valence-corrected chi connectivity index (χ0v) is 8.34. The lowest BCUT2D eigenvalue weighted by Crippen LogP contribution is -2.18. The Kier molecular flexibility index (Phi) is 3.47. The first-order valence-electron chi connectivity index (χ1n) is 3.82. The maximum absolute atomic E-state index is 12.7. The van der Waals surface area contributed by atoms with Gasteiger partial charge in [0, 0.05) is 6.07 Å². The third-order valence-corrected chi connectivity index (χ3v) is 1.92. The monoisotopic (exact) mass is 282 g/mol. The van der Waals surface area contributed by atoms with E-state index in [2.05, 4.69) is 4.74 Å². The van der Waals surface area contributed by atoms with E-state index in [0.29, 0.717) is 0 Å². The fourth-order valence-corrected chi connectivity index (χ4v) is 1.22. The van der Waals surface area contributed by atoms with Crippen LogP contribution in [0.3, 0.4) is 0 Å². The van der Waals surface area contributed by atoms with Crippen LogP contribution in [0.4, 0.5) is 30.7 Å². The number of rotatable bonds is 1. The zero-order valence-electron chi connectivity index (χ0n) is 7.59. The van der Waals surface area contributed by atoms with E-state index in [1.54, 1.807) is 0 Å².